The Labute approximate surface area is 119 Å². The minimum absolute atomic E-state index is 0.459. The Bertz CT molecular complexity index is 540. The number of benzene rings is 1. The first-order valence-corrected chi connectivity index (χ1v) is 7.21. The van der Waals surface area contributed by atoms with Crippen LogP contribution in [0.15, 0.2) is 24.3 Å². The molecule has 0 radical (unpaired) electrons. The summed E-state index contributed by atoms with van der Waals surface area (Å²) in [6.45, 7) is 5.43. The standard InChI is InChI=1S/C15H20ClN3/c1-11(2)7-5-6-10-17-15-13-9-4-3-8-12(13)14(16)18-19-15/h3-4,8-9,11H,5-7,10H2,1-2H3,(H,17,19). The van der Waals surface area contributed by atoms with E-state index < -0.39 is 0 Å². The van der Waals surface area contributed by atoms with Gasteiger partial charge in [-0.1, -0.05) is 62.6 Å². The molecule has 1 aromatic heterocycles. The lowest BCUT2D eigenvalue weighted by molar-refractivity contribution is 0.544. The Morgan fingerprint density at radius 2 is 1.84 bits per heavy atom. The molecule has 102 valence electrons. The van der Waals surface area contributed by atoms with Crippen molar-refractivity contribution in [2.24, 2.45) is 5.92 Å². The van der Waals surface area contributed by atoms with Crippen LogP contribution >= 0.6 is 11.6 Å². The molecule has 0 fully saturated rings. The molecule has 2 rings (SSSR count). The highest BCUT2D eigenvalue weighted by molar-refractivity contribution is 6.34. The molecule has 0 unspecified atom stereocenters. The summed E-state index contributed by atoms with van der Waals surface area (Å²) in [5.41, 5.74) is 0. The van der Waals surface area contributed by atoms with E-state index in [1.807, 2.05) is 24.3 Å². The van der Waals surface area contributed by atoms with E-state index in [2.05, 4.69) is 29.4 Å². The van der Waals surface area contributed by atoms with Gasteiger partial charge in [0.25, 0.3) is 0 Å². The molecule has 0 atom stereocenters. The van der Waals surface area contributed by atoms with E-state index >= 15 is 0 Å². The summed E-state index contributed by atoms with van der Waals surface area (Å²) >= 11 is 6.05. The Balaban J connectivity index is 1.99. The molecule has 0 spiro atoms. The number of aromatic nitrogens is 2. The fraction of sp³-hybridized carbons (Fsp3) is 0.467. The van der Waals surface area contributed by atoms with E-state index in [1.54, 1.807) is 0 Å². The van der Waals surface area contributed by atoms with Gasteiger partial charge in [0.2, 0.25) is 0 Å². The lowest BCUT2D eigenvalue weighted by atomic mass is 10.1. The molecule has 3 nitrogen and oxygen atoms in total. The summed E-state index contributed by atoms with van der Waals surface area (Å²) < 4.78 is 0. The van der Waals surface area contributed by atoms with Crippen LogP contribution in [0.3, 0.4) is 0 Å². The summed E-state index contributed by atoms with van der Waals surface area (Å²) in [6.07, 6.45) is 3.66. The number of rotatable bonds is 6. The van der Waals surface area contributed by atoms with Crippen molar-refractivity contribution in [3.8, 4) is 0 Å². The number of hydrogen-bond acceptors (Lipinski definition) is 3. The third kappa shape index (κ3) is 3.80. The molecule has 1 heterocycles. The van der Waals surface area contributed by atoms with Gasteiger partial charge in [0.05, 0.1) is 0 Å². The minimum Gasteiger partial charge on any atom is -0.368 e. The van der Waals surface area contributed by atoms with E-state index in [-0.39, 0.29) is 0 Å². The highest BCUT2D eigenvalue weighted by Crippen LogP contribution is 2.25. The van der Waals surface area contributed by atoms with Crippen molar-refractivity contribution in [1.29, 1.82) is 0 Å². The van der Waals surface area contributed by atoms with E-state index in [0.29, 0.717) is 5.15 Å². The fourth-order valence-electron chi connectivity index (χ4n) is 2.09. The van der Waals surface area contributed by atoms with Crippen molar-refractivity contribution < 1.29 is 0 Å². The molecule has 0 aliphatic rings. The van der Waals surface area contributed by atoms with E-state index in [4.69, 9.17) is 11.6 Å². The number of anilines is 1. The number of halogens is 1. The number of nitrogens with zero attached hydrogens (tertiary/aromatic N) is 2. The molecule has 0 aliphatic carbocycles. The van der Waals surface area contributed by atoms with Crippen LogP contribution in [0, 0.1) is 5.92 Å². The van der Waals surface area contributed by atoms with Crippen LogP contribution in [0.25, 0.3) is 10.8 Å². The second-order valence-electron chi connectivity index (χ2n) is 5.20. The van der Waals surface area contributed by atoms with Gasteiger partial charge in [-0.05, 0) is 12.3 Å². The maximum absolute atomic E-state index is 6.05. The third-order valence-corrected chi connectivity index (χ3v) is 3.42. The summed E-state index contributed by atoms with van der Waals surface area (Å²) in [6, 6.07) is 7.94. The van der Waals surface area contributed by atoms with Crippen molar-refractivity contribution in [2.45, 2.75) is 33.1 Å². The minimum atomic E-state index is 0.459. The Morgan fingerprint density at radius 3 is 2.58 bits per heavy atom. The number of unbranched alkanes of at least 4 members (excludes halogenated alkanes) is 1. The quantitative estimate of drug-likeness (QED) is 0.789. The van der Waals surface area contributed by atoms with Crippen molar-refractivity contribution in [3.63, 3.8) is 0 Å². The first kappa shape index (κ1) is 14.1. The molecule has 1 aromatic carbocycles. The van der Waals surface area contributed by atoms with E-state index in [9.17, 15) is 0 Å². The average Bonchev–Trinajstić information content (AvgIpc) is 2.41. The Hall–Kier alpha value is -1.35. The third-order valence-electron chi connectivity index (χ3n) is 3.14. The van der Waals surface area contributed by atoms with Crippen molar-refractivity contribution in [3.05, 3.63) is 29.4 Å². The maximum Gasteiger partial charge on any atom is 0.159 e. The van der Waals surface area contributed by atoms with Gasteiger partial charge in [0.1, 0.15) is 0 Å². The maximum atomic E-state index is 6.05. The van der Waals surface area contributed by atoms with Gasteiger partial charge in [-0.25, -0.2) is 0 Å². The zero-order valence-electron chi connectivity index (χ0n) is 11.5. The largest absolute Gasteiger partial charge is 0.368 e. The predicted octanol–water partition coefficient (Wildman–Crippen LogP) is 4.52. The zero-order valence-corrected chi connectivity index (χ0v) is 12.2. The van der Waals surface area contributed by atoms with Gasteiger partial charge in [0.15, 0.2) is 11.0 Å². The summed E-state index contributed by atoms with van der Waals surface area (Å²) in [7, 11) is 0. The van der Waals surface area contributed by atoms with Crippen LogP contribution in [0.4, 0.5) is 5.82 Å². The molecule has 0 amide bonds. The first-order chi connectivity index (χ1) is 9.18. The van der Waals surface area contributed by atoms with Crippen LogP contribution in [-0.4, -0.2) is 16.7 Å². The van der Waals surface area contributed by atoms with Crippen LogP contribution in [-0.2, 0) is 0 Å². The number of fused-ring (bicyclic) bond motifs is 1. The molecular weight excluding hydrogens is 258 g/mol. The molecule has 0 saturated carbocycles. The lowest BCUT2D eigenvalue weighted by Crippen LogP contribution is -2.05. The first-order valence-electron chi connectivity index (χ1n) is 6.83. The normalized spacial score (nSPS) is 11.2. The lowest BCUT2D eigenvalue weighted by Gasteiger charge is -2.09. The fourth-order valence-corrected chi connectivity index (χ4v) is 2.29. The predicted molar refractivity (Wildman–Crippen MR) is 81.7 cm³/mol. The highest BCUT2D eigenvalue weighted by Gasteiger charge is 2.06. The molecule has 4 heteroatoms. The highest BCUT2D eigenvalue weighted by atomic mass is 35.5. The number of hydrogen-bond donors (Lipinski definition) is 1. The number of nitrogens with one attached hydrogen (secondary N) is 1. The topological polar surface area (TPSA) is 37.8 Å². The smallest absolute Gasteiger partial charge is 0.159 e. The molecular formula is C15H20ClN3. The van der Waals surface area contributed by atoms with Gasteiger partial charge in [-0.2, -0.15) is 0 Å². The Morgan fingerprint density at radius 1 is 1.11 bits per heavy atom. The molecule has 1 N–H and O–H groups in total. The summed E-state index contributed by atoms with van der Waals surface area (Å²) in [5.74, 6) is 1.60. The molecule has 0 bridgehead atoms. The monoisotopic (exact) mass is 277 g/mol. The summed E-state index contributed by atoms with van der Waals surface area (Å²) in [4.78, 5) is 0. The van der Waals surface area contributed by atoms with Crippen LogP contribution in [0.1, 0.15) is 33.1 Å². The van der Waals surface area contributed by atoms with Crippen LogP contribution < -0.4 is 5.32 Å². The second kappa shape index (κ2) is 6.71. The Kier molecular flexibility index (Phi) is 4.97. The van der Waals surface area contributed by atoms with Crippen LogP contribution in [0.2, 0.25) is 5.15 Å². The van der Waals surface area contributed by atoms with Crippen molar-refractivity contribution in [1.82, 2.24) is 10.2 Å². The van der Waals surface area contributed by atoms with Gasteiger partial charge in [-0.15, -0.1) is 10.2 Å². The zero-order chi connectivity index (χ0) is 13.7. The van der Waals surface area contributed by atoms with E-state index in [0.717, 1.165) is 35.5 Å². The van der Waals surface area contributed by atoms with Crippen molar-refractivity contribution in [2.75, 3.05) is 11.9 Å². The van der Waals surface area contributed by atoms with Crippen LogP contribution in [0.5, 0.6) is 0 Å². The summed E-state index contributed by atoms with van der Waals surface area (Å²) in [5, 5.41) is 13.9. The van der Waals surface area contributed by atoms with Gasteiger partial charge < -0.3 is 5.32 Å². The van der Waals surface area contributed by atoms with E-state index in [1.165, 1.54) is 12.8 Å². The van der Waals surface area contributed by atoms with Crippen molar-refractivity contribution >= 4 is 28.2 Å². The molecule has 0 saturated heterocycles. The average molecular weight is 278 g/mol. The SMILES string of the molecule is CC(C)CCCCNc1nnc(Cl)c2ccccc12. The van der Waals surface area contributed by atoms with Gasteiger partial charge in [0, 0.05) is 17.3 Å². The van der Waals surface area contributed by atoms with Gasteiger partial charge in [-0.3, -0.25) is 0 Å². The molecule has 2 aromatic rings. The molecule has 0 aliphatic heterocycles. The van der Waals surface area contributed by atoms with Gasteiger partial charge >= 0.3 is 0 Å². The second-order valence-corrected chi connectivity index (χ2v) is 5.56. The molecule has 19 heavy (non-hydrogen) atoms.